The van der Waals surface area contributed by atoms with Gasteiger partial charge in [-0.1, -0.05) is 49.7 Å². The van der Waals surface area contributed by atoms with Crippen LogP contribution in [0.3, 0.4) is 0 Å². The quantitative estimate of drug-likeness (QED) is 0.649. The standard InChI is InChI=1S/C7H8.C4H5NO.C2H6/c1-7-5-3-2-4-6-7;1-4-2-5-3-6-4;1-2/h2-6H,1H3;2-3H,1H3;1-2H3. The summed E-state index contributed by atoms with van der Waals surface area (Å²) in [7, 11) is 0. The molecule has 0 N–H and O–H groups in total. The zero-order chi connectivity index (χ0) is 11.5. The van der Waals surface area contributed by atoms with Crippen molar-refractivity contribution in [2.24, 2.45) is 0 Å². The van der Waals surface area contributed by atoms with Gasteiger partial charge in [0.1, 0.15) is 5.76 Å². The molecule has 0 spiro atoms. The Morgan fingerprint density at radius 2 is 1.60 bits per heavy atom. The van der Waals surface area contributed by atoms with Crippen LogP contribution in [0.1, 0.15) is 25.2 Å². The molecule has 0 atom stereocenters. The third-order valence-electron chi connectivity index (χ3n) is 1.50. The number of oxazole rings is 1. The number of aryl methyl sites for hydroxylation is 2. The molecule has 0 radical (unpaired) electrons. The van der Waals surface area contributed by atoms with Gasteiger partial charge in [-0.25, -0.2) is 4.98 Å². The Labute approximate surface area is 92.0 Å². The molecule has 0 bridgehead atoms. The second kappa shape index (κ2) is 9.00. The summed E-state index contributed by atoms with van der Waals surface area (Å²) in [4.78, 5) is 3.66. The van der Waals surface area contributed by atoms with Crippen molar-refractivity contribution >= 4 is 0 Å². The second-order valence-electron chi connectivity index (χ2n) is 2.77. The van der Waals surface area contributed by atoms with E-state index in [0.29, 0.717) is 0 Å². The molecule has 0 fully saturated rings. The topological polar surface area (TPSA) is 26.0 Å². The van der Waals surface area contributed by atoms with E-state index in [0.717, 1.165) is 5.76 Å². The first kappa shape index (κ1) is 13.4. The van der Waals surface area contributed by atoms with Gasteiger partial charge >= 0.3 is 0 Å². The lowest BCUT2D eigenvalue weighted by atomic mass is 10.2. The Hall–Kier alpha value is -1.57. The maximum absolute atomic E-state index is 4.72. The van der Waals surface area contributed by atoms with E-state index in [1.54, 1.807) is 6.20 Å². The molecule has 2 aromatic rings. The van der Waals surface area contributed by atoms with Crippen LogP contribution in [0.5, 0.6) is 0 Å². The van der Waals surface area contributed by atoms with Crippen LogP contribution >= 0.6 is 0 Å². The predicted molar refractivity (Wildman–Crippen MR) is 63.8 cm³/mol. The molecule has 1 aromatic heterocycles. The van der Waals surface area contributed by atoms with Crippen LogP contribution in [-0.4, -0.2) is 4.98 Å². The lowest BCUT2D eigenvalue weighted by molar-refractivity contribution is 0.527. The van der Waals surface area contributed by atoms with Gasteiger partial charge in [-0.05, 0) is 13.8 Å². The number of nitrogens with zero attached hydrogens (tertiary/aromatic N) is 1. The molecule has 2 heteroatoms. The summed E-state index contributed by atoms with van der Waals surface area (Å²) in [5.74, 6) is 0.856. The van der Waals surface area contributed by atoms with E-state index in [2.05, 4.69) is 24.0 Å². The van der Waals surface area contributed by atoms with Crippen LogP contribution in [0.15, 0.2) is 47.3 Å². The Morgan fingerprint density at radius 1 is 1.00 bits per heavy atom. The van der Waals surface area contributed by atoms with Crippen molar-refractivity contribution in [2.45, 2.75) is 27.7 Å². The van der Waals surface area contributed by atoms with E-state index in [1.165, 1.54) is 12.0 Å². The highest BCUT2D eigenvalue weighted by atomic mass is 16.3. The van der Waals surface area contributed by atoms with Crippen molar-refractivity contribution in [1.29, 1.82) is 0 Å². The Bertz CT molecular complexity index is 314. The van der Waals surface area contributed by atoms with Crippen molar-refractivity contribution < 1.29 is 4.42 Å². The molecular weight excluding hydrogens is 186 g/mol. The summed E-state index contributed by atoms with van der Waals surface area (Å²) in [6, 6.07) is 10.3. The average molecular weight is 205 g/mol. The van der Waals surface area contributed by atoms with E-state index in [4.69, 9.17) is 4.42 Å². The molecule has 0 saturated carbocycles. The van der Waals surface area contributed by atoms with Crippen LogP contribution in [0, 0.1) is 13.8 Å². The first-order chi connectivity index (χ1) is 7.29. The fraction of sp³-hybridized carbons (Fsp3) is 0.308. The van der Waals surface area contributed by atoms with Gasteiger partial charge in [0, 0.05) is 0 Å². The van der Waals surface area contributed by atoms with Crippen LogP contribution < -0.4 is 0 Å². The van der Waals surface area contributed by atoms with Gasteiger partial charge < -0.3 is 4.42 Å². The zero-order valence-electron chi connectivity index (χ0n) is 9.90. The largest absolute Gasteiger partial charge is 0.449 e. The summed E-state index contributed by atoms with van der Waals surface area (Å²) in [5.41, 5.74) is 1.32. The van der Waals surface area contributed by atoms with E-state index in [1.807, 2.05) is 39.0 Å². The van der Waals surface area contributed by atoms with Crippen molar-refractivity contribution in [3.05, 3.63) is 54.2 Å². The highest BCUT2D eigenvalue weighted by molar-refractivity contribution is 5.11. The van der Waals surface area contributed by atoms with Gasteiger partial charge in [-0.3, -0.25) is 0 Å². The lowest BCUT2D eigenvalue weighted by Gasteiger charge is -1.82. The molecule has 0 amide bonds. The van der Waals surface area contributed by atoms with Gasteiger partial charge in [0.2, 0.25) is 0 Å². The first-order valence-corrected chi connectivity index (χ1v) is 5.16. The summed E-state index contributed by atoms with van der Waals surface area (Å²) in [5, 5.41) is 0. The minimum atomic E-state index is 0.856. The smallest absolute Gasteiger partial charge is 0.180 e. The minimum absolute atomic E-state index is 0.856. The Balaban J connectivity index is 0.000000227. The van der Waals surface area contributed by atoms with Crippen molar-refractivity contribution in [2.75, 3.05) is 0 Å². The summed E-state index contributed by atoms with van der Waals surface area (Å²) in [6.45, 7) is 7.94. The van der Waals surface area contributed by atoms with E-state index < -0.39 is 0 Å². The van der Waals surface area contributed by atoms with Crippen molar-refractivity contribution in [3.8, 4) is 0 Å². The molecule has 0 aliphatic carbocycles. The minimum Gasteiger partial charge on any atom is -0.449 e. The zero-order valence-corrected chi connectivity index (χ0v) is 9.90. The third-order valence-corrected chi connectivity index (χ3v) is 1.50. The SMILES string of the molecule is CC.Cc1ccccc1.Cc1cnco1. The summed E-state index contributed by atoms with van der Waals surface area (Å²) in [6.07, 6.45) is 3.08. The molecular formula is C13H19NO. The maximum atomic E-state index is 4.72. The Morgan fingerprint density at radius 3 is 1.80 bits per heavy atom. The van der Waals surface area contributed by atoms with E-state index in [-0.39, 0.29) is 0 Å². The monoisotopic (exact) mass is 205 g/mol. The molecule has 0 aliphatic rings. The van der Waals surface area contributed by atoms with Gasteiger partial charge in [0.25, 0.3) is 0 Å². The normalized spacial score (nSPS) is 8.00. The summed E-state index contributed by atoms with van der Waals surface area (Å²) < 4.78 is 4.72. The first-order valence-electron chi connectivity index (χ1n) is 5.16. The molecule has 1 aromatic carbocycles. The van der Waals surface area contributed by atoms with Crippen molar-refractivity contribution in [3.63, 3.8) is 0 Å². The van der Waals surface area contributed by atoms with Gasteiger partial charge in [-0.15, -0.1) is 0 Å². The van der Waals surface area contributed by atoms with Gasteiger partial charge in [0.15, 0.2) is 6.39 Å². The van der Waals surface area contributed by atoms with Gasteiger partial charge in [0.05, 0.1) is 6.20 Å². The highest BCUT2D eigenvalue weighted by Crippen LogP contribution is 1.92. The molecule has 0 unspecified atom stereocenters. The second-order valence-corrected chi connectivity index (χ2v) is 2.77. The molecule has 2 nitrogen and oxygen atoms in total. The fourth-order valence-corrected chi connectivity index (χ4v) is 0.814. The number of hydrogen-bond donors (Lipinski definition) is 0. The van der Waals surface area contributed by atoms with Crippen LogP contribution in [-0.2, 0) is 0 Å². The third kappa shape index (κ3) is 7.50. The van der Waals surface area contributed by atoms with Gasteiger partial charge in [-0.2, -0.15) is 0 Å². The average Bonchev–Trinajstić information content (AvgIpc) is 2.74. The Kier molecular flexibility index (Phi) is 8.06. The van der Waals surface area contributed by atoms with E-state index in [9.17, 15) is 0 Å². The van der Waals surface area contributed by atoms with E-state index >= 15 is 0 Å². The number of aromatic nitrogens is 1. The number of rotatable bonds is 0. The number of hydrogen-bond acceptors (Lipinski definition) is 2. The highest BCUT2D eigenvalue weighted by Gasteiger charge is 1.77. The van der Waals surface area contributed by atoms with Crippen LogP contribution in [0.2, 0.25) is 0 Å². The molecule has 0 aliphatic heterocycles. The maximum Gasteiger partial charge on any atom is 0.180 e. The molecule has 2 rings (SSSR count). The molecule has 82 valence electrons. The predicted octanol–water partition coefficient (Wildman–Crippen LogP) is 4.00. The van der Waals surface area contributed by atoms with Crippen LogP contribution in [0.4, 0.5) is 0 Å². The molecule has 1 heterocycles. The lowest BCUT2D eigenvalue weighted by Crippen LogP contribution is -1.62. The molecule has 0 saturated heterocycles. The van der Waals surface area contributed by atoms with Crippen molar-refractivity contribution in [1.82, 2.24) is 4.98 Å². The molecule has 15 heavy (non-hydrogen) atoms. The van der Waals surface area contributed by atoms with Crippen LogP contribution in [0.25, 0.3) is 0 Å². The number of benzene rings is 1. The summed E-state index contributed by atoms with van der Waals surface area (Å²) >= 11 is 0. The fourth-order valence-electron chi connectivity index (χ4n) is 0.814.